The lowest BCUT2D eigenvalue weighted by Crippen LogP contribution is -2.36. The van der Waals surface area contributed by atoms with Gasteiger partial charge in [-0.15, -0.1) is 0 Å². The number of rotatable bonds is 4. The standard InChI is InChI=1S/C14H17NO3/c1-18-10-12(16)9-15-8-4-6-11-5-2-3-7-13(11)14(15)17/h2-3,5,7H,4,6,8-10H2,1H3. The molecule has 1 aromatic carbocycles. The zero-order valence-corrected chi connectivity index (χ0v) is 10.5. The SMILES string of the molecule is COCC(=O)CN1CCCc2ccccc2C1=O. The molecule has 0 saturated heterocycles. The Morgan fingerprint density at radius 3 is 2.94 bits per heavy atom. The monoisotopic (exact) mass is 247 g/mol. The van der Waals surface area contributed by atoms with E-state index in [0.717, 1.165) is 24.0 Å². The molecule has 0 atom stereocenters. The third-order valence-electron chi connectivity index (χ3n) is 3.08. The number of methoxy groups -OCH3 is 1. The third-order valence-corrected chi connectivity index (χ3v) is 3.08. The zero-order chi connectivity index (χ0) is 13.0. The molecule has 0 spiro atoms. The van der Waals surface area contributed by atoms with Crippen molar-refractivity contribution < 1.29 is 14.3 Å². The largest absolute Gasteiger partial charge is 0.377 e. The fourth-order valence-electron chi connectivity index (χ4n) is 2.25. The first kappa shape index (κ1) is 12.8. The van der Waals surface area contributed by atoms with Crippen LogP contribution in [-0.4, -0.2) is 43.4 Å². The number of ketones is 1. The molecular weight excluding hydrogens is 230 g/mol. The minimum atomic E-state index is -0.0646. The van der Waals surface area contributed by atoms with Crippen LogP contribution in [0.5, 0.6) is 0 Å². The molecule has 0 aromatic heterocycles. The number of fused-ring (bicyclic) bond motifs is 1. The summed E-state index contributed by atoms with van der Waals surface area (Å²) in [6.07, 6.45) is 1.78. The van der Waals surface area contributed by atoms with Crippen LogP contribution in [0.1, 0.15) is 22.3 Å². The van der Waals surface area contributed by atoms with Crippen molar-refractivity contribution in [1.29, 1.82) is 0 Å². The summed E-state index contributed by atoms with van der Waals surface area (Å²) in [4.78, 5) is 25.5. The number of hydrogen-bond donors (Lipinski definition) is 0. The Hall–Kier alpha value is -1.68. The van der Waals surface area contributed by atoms with Gasteiger partial charge in [-0.05, 0) is 24.5 Å². The van der Waals surface area contributed by atoms with Crippen molar-refractivity contribution in [2.75, 3.05) is 26.8 Å². The van der Waals surface area contributed by atoms with Crippen LogP contribution in [0, 0.1) is 0 Å². The maximum atomic E-state index is 12.3. The van der Waals surface area contributed by atoms with Gasteiger partial charge in [0.15, 0.2) is 5.78 Å². The van der Waals surface area contributed by atoms with E-state index in [1.165, 1.54) is 7.11 Å². The number of carbonyl (C=O) groups excluding carboxylic acids is 2. The number of benzene rings is 1. The molecule has 0 aliphatic carbocycles. The highest BCUT2D eigenvalue weighted by molar-refractivity contribution is 5.98. The second-order valence-electron chi connectivity index (χ2n) is 4.46. The maximum Gasteiger partial charge on any atom is 0.254 e. The summed E-state index contributed by atoms with van der Waals surface area (Å²) in [5.41, 5.74) is 1.80. The molecule has 0 fully saturated rings. The van der Waals surface area contributed by atoms with Crippen LogP contribution in [0.2, 0.25) is 0 Å². The highest BCUT2D eigenvalue weighted by Gasteiger charge is 2.23. The molecular formula is C14H17NO3. The summed E-state index contributed by atoms with van der Waals surface area (Å²) in [7, 11) is 1.48. The predicted octanol–water partition coefficient (Wildman–Crippen LogP) is 1.29. The Bertz CT molecular complexity index is 456. The number of hydrogen-bond acceptors (Lipinski definition) is 3. The van der Waals surface area contributed by atoms with Gasteiger partial charge < -0.3 is 9.64 Å². The van der Waals surface area contributed by atoms with Crippen molar-refractivity contribution in [2.24, 2.45) is 0 Å². The Labute approximate surface area is 107 Å². The molecule has 1 amide bonds. The van der Waals surface area contributed by atoms with Crippen LogP contribution in [0.25, 0.3) is 0 Å². The van der Waals surface area contributed by atoms with E-state index in [-0.39, 0.29) is 24.8 Å². The van der Waals surface area contributed by atoms with Gasteiger partial charge in [-0.25, -0.2) is 0 Å². The molecule has 1 heterocycles. The normalized spacial score (nSPS) is 15.2. The quantitative estimate of drug-likeness (QED) is 0.805. The van der Waals surface area contributed by atoms with Gasteiger partial charge in [0.1, 0.15) is 6.61 Å². The van der Waals surface area contributed by atoms with Crippen LogP contribution >= 0.6 is 0 Å². The zero-order valence-electron chi connectivity index (χ0n) is 10.5. The van der Waals surface area contributed by atoms with E-state index < -0.39 is 0 Å². The smallest absolute Gasteiger partial charge is 0.254 e. The molecule has 96 valence electrons. The van der Waals surface area contributed by atoms with Gasteiger partial charge in [0, 0.05) is 19.2 Å². The van der Waals surface area contributed by atoms with E-state index in [1.807, 2.05) is 24.3 Å². The highest BCUT2D eigenvalue weighted by atomic mass is 16.5. The summed E-state index contributed by atoms with van der Waals surface area (Å²) in [6.45, 7) is 0.829. The number of nitrogens with zero attached hydrogens (tertiary/aromatic N) is 1. The van der Waals surface area contributed by atoms with Crippen molar-refractivity contribution in [2.45, 2.75) is 12.8 Å². The van der Waals surface area contributed by atoms with Crippen LogP contribution in [0.15, 0.2) is 24.3 Å². The van der Waals surface area contributed by atoms with Crippen LogP contribution in [0.3, 0.4) is 0 Å². The first-order chi connectivity index (χ1) is 8.72. The van der Waals surface area contributed by atoms with E-state index in [9.17, 15) is 9.59 Å². The van der Waals surface area contributed by atoms with Gasteiger partial charge in [-0.3, -0.25) is 9.59 Å². The Morgan fingerprint density at radius 1 is 1.39 bits per heavy atom. The van der Waals surface area contributed by atoms with Gasteiger partial charge in [0.2, 0.25) is 0 Å². The number of Topliss-reactive ketones (excluding diaryl/α,β-unsaturated/α-hetero) is 1. The minimum Gasteiger partial charge on any atom is -0.377 e. The van der Waals surface area contributed by atoms with Crippen molar-refractivity contribution >= 4 is 11.7 Å². The van der Waals surface area contributed by atoms with Crippen LogP contribution in [0.4, 0.5) is 0 Å². The number of aryl methyl sites for hydroxylation is 1. The second kappa shape index (κ2) is 5.78. The van der Waals surface area contributed by atoms with Gasteiger partial charge >= 0.3 is 0 Å². The number of amides is 1. The number of carbonyl (C=O) groups is 2. The Kier molecular flexibility index (Phi) is 4.10. The van der Waals surface area contributed by atoms with Crippen molar-refractivity contribution in [3.63, 3.8) is 0 Å². The van der Waals surface area contributed by atoms with Gasteiger partial charge in [-0.1, -0.05) is 18.2 Å². The molecule has 0 radical (unpaired) electrons. The minimum absolute atomic E-state index is 0.0486. The van der Waals surface area contributed by atoms with E-state index in [0.29, 0.717) is 6.54 Å². The fraction of sp³-hybridized carbons (Fsp3) is 0.429. The highest BCUT2D eigenvalue weighted by Crippen LogP contribution is 2.18. The molecule has 0 unspecified atom stereocenters. The van der Waals surface area contributed by atoms with Crippen molar-refractivity contribution in [1.82, 2.24) is 4.90 Å². The van der Waals surface area contributed by atoms with Crippen molar-refractivity contribution in [3.8, 4) is 0 Å². The Balaban J connectivity index is 2.15. The van der Waals surface area contributed by atoms with E-state index in [4.69, 9.17) is 4.74 Å². The lowest BCUT2D eigenvalue weighted by atomic mass is 10.0. The first-order valence-corrected chi connectivity index (χ1v) is 6.10. The molecule has 0 bridgehead atoms. The van der Waals surface area contributed by atoms with Crippen LogP contribution in [-0.2, 0) is 16.0 Å². The van der Waals surface area contributed by atoms with Crippen molar-refractivity contribution in [3.05, 3.63) is 35.4 Å². The predicted molar refractivity (Wildman–Crippen MR) is 67.5 cm³/mol. The lowest BCUT2D eigenvalue weighted by molar-refractivity contribution is -0.123. The number of ether oxygens (including phenoxy) is 1. The molecule has 4 heteroatoms. The fourth-order valence-corrected chi connectivity index (χ4v) is 2.25. The molecule has 1 aliphatic rings. The van der Waals surface area contributed by atoms with E-state index >= 15 is 0 Å². The average molecular weight is 247 g/mol. The summed E-state index contributed by atoms with van der Waals surface area (Å²) >= 11 is 0. The topological polar surface area (TPSA) is 46.6 Å². The molecule has 4 nitrogen and oxygen atoms in total. The first-order valence-electron chi connectivity index (χ1n) is 6.10. The molecule has 1 aromatic rings. The molecule has 0 N–H and O–H groups in total. The maximum absolute atomic E-state index is 12.3. The van der Waals surface area contributed by atoms with E-state index in [2.05, 4.69) is 0 Å². The third kappa shape index (κ3) is 2.76. The summed E-state index contributed by atoms with van der Waals surface area (Å²) in [5.74, 6) is -0.113. The molecule has 1 aliphatic heterocycles. The van der Waals surface area contributed by atoms with Gasteiger partial charge in [-0.2, -0.15) is 0 Å². The molecule has 18 heavy (non-hydrogen) atoms. The summed E-state index contributed by atoms with van der Waals surface area (Å²) in [6, 6.07) is 7.61. The second-order valence-corrected chi connectivity index (χ2v) is 4.46. The lowest BCUT2D eigenvalue weighted by Gasteiger charge is -2.19. The summed E-state index contributed by atoms with van der Waals surface area (Å²) < 4.78 is 4.79. The molecule has 2 rings (SSSR count). The Morgan fingerprint density at radius 2 is 2.17 bits per heavy atom. The van der Waals surface area contributed by atoms with E-state index in [1.54, 1.807) is 4.90 Å². The molecule has 0 saturated carbocycles. The van der Waals surface area contributed by atoms with Gasteiger partial charge in [0.25, 0.3) is 5.91 Å². The van der Waals surface area contributed by atoms with Gasteiger partial charge in [0.05, 0.1) is 6.54 Å². The van der Waals surface area contributed by atoms with Crippen LogP contribution < -0.4 is 0 Å². The summed E-state index contributed by atoms with van der Waals surface area (Å²) in [5, 5.41) is 0. The average Bonchev–Trinajstić information content (AvgIpc) is 2.51.